The number of ether oxygens (including phenoxy) is 1. The van der Waals surface area contributed by atoms with Gasteiger partial charge in [0.25, 0.3) is 0 Å². The van der Waals surface area contributed by atoms with Crippen molar-refractivity contribution in [2.45, 2.75) is 12.5 Å². The molecular formula is C10H13Cl2NO2. The molecule has 0 radical (unpaired) electrons. The lowest BCUT2D eigenvalue weighted by atomic mass is 10.3. The summed E-state index contributed by atoms with van der Waals surface area (Å²) < 4.78 is 5.36. The molecular weight excluding hydrogens is 237 g/mol. The maximum Gasteiger partial charge on any atom is 0.137 e. The smallest absolute Gasteiger partial charge is 0.137 e. The van der Waals surface area contributed by atoms with E-state index in [0.29, 0.717) is 28.8 Å². The molecule has 0 heterocycles. The van der Waals surface area contributed by atoms with Crippen molar-refractivity contribution in [2.24, 2.45) is 5.73 Å². The molecule has 0 fully saturated rings. The van der Waals surface area contributed by atoms with E-state index in [-0.39, 0.29) is 6.54 Å². The molecule has 3 N–H and O–H groups in total. The zero-order chi connectivity index (χ0) is 11.3. The van der Waals surface area contributed by atoms with Crippen molar-refractivity contribution in [3.05, 3.63) is 28.2 Å². The highest BCUT2D eigenvalue weighted by Gasteiger charge is 2.04. The van der Waals surface area contributed by atoms with Crippen LogP contribution >= 0.6 is 23.2 Å². The van der Waals surface area contributed by atoms with E-state index in [4.69, 9.17) is 33.7 Å². The second kappa shape index (κ2) is 6.18. The van der Waals surface area contributed by atoms with Gasteiger partial charge < -0.3 is 15.6 Å². The van der Waals surface area contributed by atoms with Crippen LogP contribution in [0.4, 0.5) is 0 Å². The molecule has 1 unspecified atom stereocenters. The van der Waals surface area contributed by atoms with E-state index in [1.807, 2.05) is 0 Å². The van der Waals surface area contributed by atoms with E-state index in [1.54, 1.807) is 18.2 Å². The predicted molar refractivity (Wildman–Crippen MR) is 61.6 cm³/mol. The van der Waals surface area contributed by atoms with Gasteiger partial charge in [-0.05, 0) is 18.2 Å². The van der Waals surface area contributed by atoms with E-state index in [2.05, 4.69) is 0 Å². The van der Waals surface area contributed by atoms with Gasteiger partial charge in [-0.25, -0.2) is 0 Å². The van der Waals surface area contributed by atoms with Gasteiger partial charge in [0, 0.05) is 18.0 Å². The standard InChI is InChI=1S/C10H13Cl2NO2/c11-7-1-2-10(9(12)5-7)15-4-3-8(14)6-13/h1-2,5,8,14H,3-4,6,13H2. The number of hydrogen-bond acceptors (Lipinski definition) is 3. The Balaban J connectivity index is 2.44. The molecule has 0 spiro atoms. The van der Waals surface area contributed by atoms with Crippen LogP contribution in [0.5, 0.6) is 5.75 Å². The SMILES string of the molecule is NCC(O)CCOc1ccc(Cl)cc1Cl. The highest BCUT2D eigenvalue weighted by Crippen LogP contribution is 2.27. The minimum atomic E-state index is -0.531. The number of nitrogens with two attached hydrogens (primary N) is 1. The summed E-state index contributed by atoms with van der Waals surface area (Å²) in [7, 11) is 0. The summed E-state index contributed by atoms with van der Waals surface area (Å²) in [5.41, 5.74) is 5.25. The molecule has 5 heteroatoms. The largest absolute Gasteiger partial charge is 0.492 e. The van der Waals surface area contributed by atoms with Gasteiger partial charge >= 0.3 is 0 Å². The Hall–Kier alpha value is -0.480. The van der Waals surface area contributed by atoms with Gasteiger partial charge in [-0.1, -0.05) is 23.2 Å². The third-order valence-electron chi connectivity index (χ3n) is 1.87. The number of rotatable bonds is 5. The minimum Gasteiger partial charge on any atom is -0.492 e. The Kier molecular flexibility index (Phi) is 5.19. The number of aliphatic hydroxyl groups excluding tert-OH is 1. The van der Waals surface area contributed by atoms with Crippen LogP contribution in [0.25, 0.3) is 0 Å². The molecule has 0 amide bonds. The van der Waals surface area contributed by atoms with Gasteiger partial charge in [0.15, 0.2) is 0 Å². The zero-order valence-corrected chi connectivity index (χ0v) is 9.63. The summed E-state index contributed by atoms with van der Waals surface area (Å²) in [6.07, 6.45) is -0.0498. The lowest BCUT2D eigenvalue weighted by Gasteiger charge is -2.10. The Morgan fingerprint density at radius 3 is 2.73 bits per heavy atom. The highest BCUT2D eigenvalue weighted by atomic mass is 35.5. The third kappa shape index (κ3) is 4.26. The monoisotopic (exact) mass is 249 g/mol. The maximum atomic E-state index is 9.19. The first-order valence-electron chi connectivity index (χ1n) is 4.59. The van der Waals surface area contributed by atoms with E-state index < -0.39 is 6.10 Å². The lowest BCUT2D eigenvalue weighted by molar-refractivity contribution is 0.146. The molecule has 3 nitrogen and oxygen atoms in total. The molecule has 0 saturated carbocycles. The van der Waals surface area contributed by atoms with E-state index in [9.17, 15) is 5.11 Å². The van der Waals surface area contributed by atoms with Gasteiger partial charge in [0.05, 0.1) is 17.7 Å². The van der Waals surface area contributed by atoms with Crippen LogP contribution in [0.2, 0.25) is 10.0 Å². The quantitative estimate of drug-likeness (QED) is 0.841. The van der Waals surface area contributed by atoms with Crippen molar-refractivity contribution in [3.8, 4) is 5.75 Å². The summed E-state index contributed by atoms with van der Waals surface area (Å²) in [6.45, 7) is 0.609. The van der Waals surface area contributed by atoms with Crippen molar-refractivity contribution in [1.82, 2.24) is 0 Å². The van der Waals surface area contributed by atoms with E-state index in [0.717, 1.165) is 0 Å². The number of hydrogen-bond donors (Lipinski definition) is 2. The molecule has 1 aromatic carbocycles. The van der Waals surface area contributed by atoms with Crippen molar-refractivity contribution >= 4 is 23.2 Å². The number of aliphatic hydroxyl groups is 1. The Morgan fingerprint density at radius 2 is 2.13 bits per heavy atom. The Bertz CT molecular complexity index is 320. The molecule has 1 atom stereocenters. The van der Waals surface area contributed by atoms with Crippen LogP contribution < -0.4 is 10.5 Å². The van der Waals surface area contributed by atoms with E-state index >= 15 is 0 Å². The fourth-order valence-corrected chi connectivity index (χ4v) is 1.48. The Labute approximate surface area is 98.7 Å². The van der Waals surface area contributed by atoms with Crippen molar-refractivity contribution < 1.29 is 9.84 Å². The molecule has 1 rings (SSSR count). The molecule has 84 valence electrons. The fraction of sp³-hybridized carbons (Fsp3) is 0.400. The molecule has 0 aliphatic rings. The lowest BCUT2D eigenvalue weighted by Crippen LogP contribution is -2.21. The van der Waals surface area contributed by atoms with Gasteiger partial charge in [-0.15, -0.1) is 0 Å². The first-order chi connectivity index (χ1) is 7.13. The summed E-state index contributed by atoms with van der Waals surface area (Å²) in [5.74, 6) is 0.560. The number of halogens is 2. The first-order valence-corrected chi connectivity index (χ1v) is 5.35. The minimum absolute atomic E-state index is 0.234. The average Bonchev–Trinajstić information content (AvgIpc) is 2.21. The molecule has 0 aliphatic heterocycles. The predicted octanol–water partition coefficient (Wildman–Crippen LogP) is 2.08. The van der Waals surface area contributed by atoms with Crippen molar-refractivity contribution in [3.63, 3.8) is 0 Å². The van der Waals surface area contributed by atoms with Crippen molar-refractivity contribution in [2.75, 3.05) is 13.2 Å². The Morgan fingerprint density at radius 1 is 1.40 bits per heavy atom. The van der Waals surface area contributed by atoms with Crippen LogP contribution in [-0.4, -0.2) is 24.4 Å². The third-order valence-corrected chi connectivity index (χ3v) is 2.41. The van der Waals surface area contributed by atoms with Crippen molar-refractivity contribution in [1.29, 1.82) is 0 Å². The molecule has 0 aliphatic carbocycles. The van der Waals surface area contributed by atoms with Crippen LogP contribution in [0.15, 0.2) is 18.2 Å². The average molecular weight is 250 g/mol. The normalized spacial score (nSPS) is 12.5. The highest BCUT2D eigenvalue weighted by molar-refractivity contribution is 6.35. The summed E-state index contributed by atoms with van der Waals surface area (Å²) in [5, 5.41) is 10.2. The summed E-state index contributed by atoms with van der Waals surface area (Å²) >= 11 is 11.6. The van der Waals surface area contributed by atoms with E-state index in [1.165, 1.54) is 0 Å². The van der Waals surface area contributed by atoms with Crippen LogP contribution in [0.1, 0.15) is 6.42 Å². The van der Waals surface area contributed by atoms with Crippen LogP contribution in [-0.2, 0) is 0 Å². The summed E-state index contributed by atoms with van der Waals surface area (Å²) in [6, 6.07) is 5.00. The number of benzene rings is 1. The molecule has 1 aromatic rings. The molecule has 0 aromatic heterocycles. The van der Waals surface area contributed by atoms with Crippen LogP contribution in [0, 0.1) is 0 Å². The zero-order valence-electron chi connectivity index (χ0n) is 8.12. The summed E-state index contributed by atoms with van der Waals surface area (Å²) in [4.78, 5) is 0. The van der Waals surface area contributed by atoms with Gasteiger partial charge in [-0.2, -0.15) is 0 Å². The second-order valence-corrected chi connectivity index (χ2v) is 3.95. The molecule has 0 saturated heterocycles. The van der Waals surface area contributed by atoms with Crippen LogP contribution in [0.3, 0.4) is 0 Å². The molecule has 0 bridgehead atoms. The second-order valence-electron chi connectivity index (χ2n) is 3.10. The topological polar surface area (TPSA) is 55.5 Å². The molecule has 15 heavy (non-hydrogen) atoms. The maximum absolute atomic E-state index is 9.19. The van der Waals surface area contributed by atoms with Gasteiger partial charge in [-0.3, -0.25) is 0 Å². The fourth-order valence-electron chi connectivity index (χ4n) is 1.02. The van der Waals surface area contributed by atoms with Gasteiger partial charge in [0.2, 0.25) is 0 Å². The first kappa shape index (κ1) is 12.6. The van der Waals surface area contributed by atoms with Gasteiger partial charge in [0.1, 0.15) is 5.75 Å².